The van der Waals surface area contributed by atoms with Gasteiger partial charge in [-0.1, -0.05) is 19.1 Å². The number of carbonyl (C=O) groups is 1. The van der Waals surface area contributed by atoms with Crippen molar-refractivity contribution in [1.29, 1.82) is 0 Å². The minimum atomic E-state index is -0.417. The van der Waals surface area contributed by atoms with E-state index >= 15 is 0 Å². The molecular formula is C16H21FN2O2. The molecule has 3 atom stereocenters. The van der Waals surface area contributed by atoms with E-state index in [1.807, 2.05) is 11.0 Å². The van der Waals surface area contributed by atoms with Crippen molar-refractivity contribution in [1.82, 2.24) is 10.2 Å². The molecule has 2 heterocycles. The summed E-state index contributed by atoms with van der Waals surface area (Å²) in [4.78, 5) is 14.5. The van der Waals surface area contributed by atoms with Crippen LogP contribution in [0.5, 0.6) is 0 Å². The van der Waals surface area contributed by atoms with Gasteiger partial charge in [-0.2, -0.15) is 0 Å². The molecule has 1 amide bonds. The Labute approximate surface area is 124 Å². The molecule has 0 spiro atoms. The van der Waals surface area contributed by atoms with Crippen LogP contribution in [0, 0.1) is 11.7 Å². The first-order valence-electron chi connectivity index (χ1n) is 7.53. The van der Waals surface area contributed by atoms with Crippen molar-refractivity contribution >= 4 is 5.91 Å². The molecule has 2 aliphatic heterocycles. The first-order chi connectivity index (χ1) is 10.1. The van der Waals surface area contributed by atoms with Crippen LogP contribution in [-0.4, -0.2) is 43.2 Å². The number of nitrogens with one attached hydrogen (secondary N) is 1. The lowest BCUT2D eigenvalue weighted by Crippen LogP contribution is -2.49. The molecule has 3 rings (SSSR count). The zero-order chi connectivity index (χ0) is 14.8. The smallest absolute Gasteiger partial charge is 0.253 e. The SMILES string of the molecule is CC1CC(c2cccc(F)c2)N(C(=O)C2CNCCO2)C1. The molecule has 4 nitrogen and oxygen atoms in total. The van der Waals surface area contributed by atoms with Gasteiger partial charge in [0.25, 0.3) is 5.91 Å². The summed E-state index contributed by atoms with van der Waals surface area (Å²) in [5.41, 5.74) is 0.872. The van der Waals surface area contributed by atoms with Gasteiger partial charge in [-0.25, -0.2) is 4.39 Å². The molecule has 2 aliphatic rings. The highest BCUT2D eigenvalue weighted by Gasteiger charge is 2.38. The summed E-state index contributed by atoms with van der Waals surface area (Å²) in [6, 6.07) is 6.51. The number of hydrogen-bond acceptors (Lipinski definition) is 3. The van der Waals surface area contributed by atoms with Crippen molar-refractivity contribution in [3.05, 3.63) is 35.6 Å². The molecule has 114 valence electrons. The Morgan fingerprint density at radius 1 is 1.48 bits per heavy atom. The fourth-order valence-corrected chi connectivity index (χ4v) is 3.23. The molecule has 5 heteroatoms. The van der Waals surface area contributed by atoms with Crippen LogP contribution >= 0.6 is 0 Å². The highest BCUT2D eigenvalue weighted by molar-refractivity contribution is 5.82. The van der Waals surface area contributed by atoms with Gasteiger partial charge in [0.15, 0.2) is 0 Å². The van der Waals surface area contributed by atoms with Crippen molar-refractivity contribution in [3.63, 3.8) is 0 Å². The van der Waals surface area contributed by atoms with Crippen LogP contribution in [0.25, 0.3) is 0 Å². The number of nitrogens with zero attached hydrogens (tertiary/aromatic N) is 1. The van der Waals surface area contributed by atoms with E-state index in [2.05, 4.69) is 12.2 Å². The summed E-state index contributed by atoms with van der Waals surface area (Å²) in [6.07, 6.45) is 0.454. The van der Waals surface area contributed by atoms with Crippen molar-refractivity contribution in [3.8, 4) is 0 Å². The fourth-order valence-electron chi connectivity index (χ4n) is 3.23. The Kier molecular flexibility index (Phi) is 4.22. The predicted molar refractivity (Wildman–Crippen MR) is 77.2 cm³/mol. The lowest BCUT2D eigenvalue weighted by atomic mass is 10.0. The van der Waals surface area contributed by atoms with Crippen LogP contribution in [0.15, 0.2) is 24.3 Å². The Balaban J connectivity index is 1.80. The highest BCUT2D eigenvalue weighted by Crippen LogP contribution is 2.36. The average molecular weight is 292 g/mol. The van der Waals surface area contributed by atoms with Gasteiger partial charge in [0.1, 0.15) is 11.9 Å². The van der Waals surface area contributed by atoms with Crippen molar-refractivity contribution in [2.24, 2.45) is 5.92 Å². The maximum Gasteiger partial charge on any atom is 0.253 e. The summed E-state index contributed by atoms with van der Waals surface area (Å²) in [5, 5.41) is 3.18. The van der Waals surface area contributed by atoms with Gasteiger partial charge in [0.05, 0.1) is 12.6 Å². The number of amides is 1. The largest absolute Gasteiger partial charge is 0.366 e. The lowest BCUT2D eigenvalue weighted by molar-refractivity contribution is -0.146. The standard InChI is InChI=1S/C16H21FN2O2/c1-11-7-14(12-3-2-4-13(17)8-12)19(10-11)16(20)15-9-18-5-6-21-15/h2-4,8,11,14-15,18H,5-7,9-10H2,1H3. The van der Waals surface area contributed by atoms with E-state index in [0.29, 0.717) is 25.6 Å². The van der Waals surface area contributed by atoms with Gasteiger partial charge in [-0.05, 0) is 30.0 Å². The molecule has 2 fully saturated rings. The molecule has 0 aromatic heterocycles. The molecule has 1 aromatic carbocycles. The second kappa shape index (κ2) is 6.12. The minimum Gasteiger partial charge on any atom is -0.366 e. The van der Waals surface area contributed by atoms with Crippen LogP contribution in [0.4, 0.5) is 4.39 Å². The molecule has 0 radical (unpaired) electrons. The number of ether oxygens (including phenoxy) is 1. The minimum absolute atomic E-state index is 0.0146. The van der Waals surface area contributed by atoms with Crippen molar-refractivity contribution < 1.29 is 13.9 Å². The summed E-state index contributed by atoms with van der Waals surface area (Å²) >= 11 is 0. The summed E-state index contributed by atoms with van der Waals surface area (Å²) < 4.78 is 19.0. The van der Waals surface area contributed by atoms with Gasteiger partial charge in [0, 0.05) is 19.6 Å². The number of halogens is 1. The van der Waals surface area contributed by atoms with Crippen LogP contribution in [0.3, 0.4) is 0 Å². The second-order valence-electron chi connectivity index (χ2n) is 5.97. The lowest BCUT2D eigenvalue weighted by Gasteiger charge is -2.31. The number of rotatable bonds is 2. The molecule has 1 N–H and O–H groups in total. The summed E-state index contributed by atoms with van der Waals surface area (Å²) in [6.45, 7) is 4.73. The van der Waals surface area contributed by atoms with Gasteiger partial charge in [0.2, 0.25) is 0 Å². The van der Waals surface area contributed by atoms with Crippen LogP contribution in [0.1, 0.15) is 24.9 Å². The Morgan fingerprint density at radius 2 is 2.33 bits per heavy atom. The molecule has 0 bridgehead atoms. The number of morpholine rings is 1. The van der Waals surface area contributed by atoms with E-state index in [1.54, 1.807) is 6.07 Å². The molecule has 3 unspecified atom stereocenters. The third kappa shape index (κ3) is 3.09. The van der Waals surface area contributed by atoms with E-state index in [0.717, 1.165) is 18.5 Å². The van der Waals surface area contributed by atoms with Gasteiger partial charge in [-0.15, -0.1) is 0 Å². The number of benzene rings is 1. The maximum absolute atomic E-state index is 13.5. The molecule has 0 saturated carbocycles. The van der Waals surface area contributed by atoms with Crippen LogP contribution in [0.2, 0.25) is 0 Å². The monoisotopic (exact) mass is 292 g/mol. The third-order valence-electron chi connectivity index (χ3n) is 4.23. The van der Waals surface area contributed by atoms with E-state index in [4.69, 9.17) is 4.74 Å². The first-order valence-corrected chi connectivity index (χ1v) is 7.53. The first kappa shape index (κ1) is 14.5. The number of carbonyl (C=O) groups excluding carboxylic acids is 1. The molecule has 0 aliphatic carbocycles. The summed E-state index contributed by atoms with van der Waals surface area (Å²) in [7, 11) is 0. The van der Waals surface area contributed by atoms with E-state index in [1.165, 1.54) is 12.1 Å². The molecule has 2 saturated heterocycles. The quantitative estimate of drug-likeness (QED) is 0.902. The topological polar surface area (TPSA) is 41.6 Å². The van der Waals surface area contributed by atoms with Gasteiger partial charge < -0.3 is 15.0 Å². The maximum atomic E-state index is 13.5. The average Bonchev–Trinajstić information content (AvgIpc) is 2.89. The molecule has 1 aromatic rings. The van der Waals surface area contributed by atoms with E-state index in [9.17, 15) is 9.18 Å². The predicted octanol–water partition coefficient (Wildman–Crippen LogP) is 1.72. The van der Waals surface area contributed by atoms with E-state index < -0.39 is 6.10 Å². The van der Waals surface area contributed by atoms with Gasteiger partial charge >= 0.3 is 0 Å². The number of likely N-dealkylation sites (tertiary alicyclic amines) is 1. The Morgan fingerprint density at radius 3 is 3.05 bits per heavy atom. The summed E-state index contributed by atoms with van der Waals surface area (Å²) in [5.74, 6) is 0.176. The van der Waals surface area contributed by atoms with Crippen LogP contribution < -0.4 is 5.32 Å². The third-order valence-corrected chi connectivity index (χ3v) is 4.23. The van der Waals surface area contributed by atoms with Crippen molar-refractivity contribution in [2.75, 3.05) is 26.2 Å². The highest BCUT2D eigenvalue weighted by atomic mass is 19.1. The Bertz CT molecular complexity index is 517. The fraction of sp³-hybridized carbons (Fsp3) is 0.562. The molecular weight excluding hydrogens is 271 g/mol. The number of hydrogen-bond donors (Lipinski definition) is 1. The second-order valence-corrected chi connectivity index (χ2v) is 5.97. The molecule has 21 heavy (non-hydrogen) atoms. The van der Waals surface area contributed by atoms with Crippen molar-refractivity contribution in [2.45, 2.75) is 25.5 Å². The van der Waals surface area contributed by atoms with Crippen LogP contribution in [-0.2, 0) is 9.53 Å². The van der Waals surface area contributed by atoms with E-state index in [-0.39, 0.29) is 17.8 Å². The zero-order valence-electron chi connectivity index (χ0n) is 12.2. The Hall–Kier alpha value is -1.46. The normalized spacial score (nSPS) is 29.6. The van der Waals surface area contributed by atoms with Gasteiger partial charge in [-0.3, -0.25) is 4.79 Å². The zero-order valence-corrected chi connectivity index (χ0v) is 12.2.